The van der Waals surface area contributed by atoms with Gasteiger partial charge in [-0.2, -0.15) is 13.9 Å². The average Bonchev–Trinajstić information content (AvgIpc) is 3.10. The van der Waals surface area contributed by atoms with Gasteiger partial charge in [0, 0.05) is 17.7 Å². The zero-order chi connectivity index (χ0) is 19.8. The Kier molecular flexibility index (Phi) is 5.50. The van der Waals surface area contributed by atoms with Crippen molar-refractivity contribution in [1.29, 1.82) is 0 Å². The van der Waals surface area contributed by atoms with Crippen LogP contribution in [0.4, 0.5) is 8.78 Å². The summed E-state index contributed by atoms with van der Waals surface area (Å²) in [6, 6.07) is 6.93. The minimum absolute atomic E-state index is 0.0449. The first kappa shape index (κ1) is 19.7. The van der Waals surface area contributed by atoms with Crippen molar-refractivity contribution in [3.8, 4) is 11.3 Å². The SMILES string of the molecule is CC(C)NC(=O)/C=C/c1c(-c2ccccc2Cl)nc2sc(C(F)(F)Cl)nn12. The van der Waals surface area contributed by atoms with Gasteiger partial charge in [-0.25, -0.2) is 9.50 Å². The smallest absolute Gasteiger partial charge is 0.350 e. The molecule has 5 nitrogen and oxygen atoms in total. The van der Waals surface area contributed by atoms with Crippen molar-refractivity contribution in [2.45, 2.75) is 25.3 Å². The fraction of sp³-hybridized carbons (Fsp3) is 0.235. The summed E-state index contributed by atoms with van der Waals surface area (Å²) in [7, 11) is 0. The molecule has 0 spiro atoms. The third kappa shape index (κ3) is 4.28. The van der Waals surface area contributed by atoms with Gasteiger partial charge in [0.2, 0.25) is 15.9 Å². The predicted molar refractivity (Wildman–Crippen MR) is 103 cm³/mol. The van der Waals surface area contributed by atoms with E-state index in [-0.39, 0.29) is 16.9 Å². The van der Waals surface area contributed by atoms with E-state index in [9.17, 15) is 13.6 Å². The summed E-state index contributed by atoms with van der Waals surface area (Å²) < 4.78 is 28.1. The van der Waals surface area contributed by atoms with Gasteiger partial charge in [-0.15, -0.1) is 0 Å². The number of hydrogen-bond donors (Lipinski definition) is 1. The summed E-state index contributed by atoms with van der Waals surface area (Å²) >= 11 is 12.0. The normalized spacial score (nSPS) is 12.4. The second kappa shape index (κ2) is 7.53. The van der Waals surface area contributed by atoms with Crippen LogP contribution in [0.5, 0.6) is 0 Å². The quantitative estimate of drug-likeness (QED) is 0.460. The average molecular weight is 431 g/mol. The molecule has 0 atom stereocenters. The maximum atomic E-state index is 13.4. The number of imidazole rings is 1. The molecule has 0 fully saturated rings. The van der Waals surface area contributed by atoms with Crippen LogP contribution in [-0.2, 0) is 10.2 Å². The fourth-order valence-electron chi connectivity index (χ4n) is 2.37. The molecule has 0 aliphatic heterocycles. The molecule has 1 aromatic carbocycles. The molecule has 3 aromatic rings. The highest BCUT2D eigenvalue weighted by molar-refractivity contribution is 7.17. The molecule has 1 N–H and O–H groups in total. The predicted octanol–water partition coefficient (Wildman–Crippen LogP) is 4.94. The zero-order valence-corrected chi connectivity index (χ0v) is 16.5. The molecule has 27 heavy (non-hydrogen) atoms. The highest BCUT2D eigenvalue weighted by atomic mass is 35.5. The van der Waals surface area contributed by atoms with Crippen molar-refractivity contribution in [2.24, 2.45) is 0 Å². The molecule has 2 aromatic heterocycles. The zero-order valence-electron chi connectivity index (χ0n) is 14.2. The van der Waals surface area contributed by atoms with Crippen molar-refractivity contribution in [3.63, 3.8) is 0 Å². The molecule has 0 unspecified atom stereocenters. The van der Waals surface area contributed by atoms with Gasteiger partial charge < -0.3 is 5.32 Å². The molecule has 3 rings (SSSR count). The lowest BCUT2D eigenvalue weighted by Gasteiger charge is -2.05. The number of carbonyl (C=O) groups is 1. The molecule has 142 valence electrons. The Morgan fingerprint density at radius 1 is 1.37 bits per heavy atom. The summed E-state index contributed by atoms with van der Waals surface area (Å²) in [5.41, 5.74) is 1.37. The van der Waals surface area contributed by atoms with Crippen LogP contribution in [0.3, 0.4) is 0 Å². The van der Waals surface area contributed by atoms with Crippen LogP contribution >= 0.6 is 34.5 Å². The molecule has 0 saturated carbocycles. The number of benzene rings is 1. The van der Waals surface area contributed by atoms with Crippen molar-refractivity contribution in [1.82, 2.24) is 19.9 Å². The lowest BCUT2D eigenvalue weighted by atomic mass is 10.1. The Labute approximate surface area is 167 Å². The summed E-state index contributed by atoms with van der Waals surface area (Å²) in [5.74, 6) is -0.330. The van der Waals surface area contributed by atoms with E-state index in [0.29, 0.717) is 33.3 Å². The first-order valence-electron chi connectivity index (χ1n) is 7.87. The van der Waals surface area contributed by atoms with E-state index in [0.717, 1.165) is 0 Å². The van der Waals surface area contributed by atoms with E-state index in [1.54, 1.807) is 24.3 Å². The van der Waals surface area contributed by atoms with Gasteiger partial charge in [0.25, 0.3) is 0 Å². The van der Waals surface area contributed by atoms with Crippen LogP contribution in [0.1, 0.15) is 24.5 Å². The largest absolute Gasteiger partial charge is 0.375 e. The molecule has 1 amide bonds. The lowest BCUT2D eigenvalue weighted by molar-refractivity contribution is -0.116. The van der Waals surface area contributed by atoms with E-state index in [4.69, 9.17) is 23.2 Å². The van der Waals surface area contributed by atoms with Crippen molar-refractivity contribution < 1.29 is 13.6 Å². The highest BCUT2D eigenvalue weighted by Gasteiger charge is 2.34. The highest BCUT2D eigenvalue weighted by Crippen LogP contribution is 2.38. The number of nitrogens with one attached hydrogen (secondary N) is 1. The maximum Gasteiger partial charge on any atom is 0.375 e. The van der Waals surface area contributed by atoms with Crippen LogP contribution in [0, 0.1) is 0 Å². The third-order valence-corrected chi connectivity index (χ3v) is 5.03. The van der Waals surface area contributed by atoms with Crippen LogP contribution in [-0.4, -0.2) is 26.5 Å². The molecule has 2 heterocycles. The summed E-state index contributed by atoms with van der Waals surface area (Å²) in [5, 5.41) is 2.82. The fourth-order valence-corrected chi connectivity index (χ4v) is 3.52. The molecule has 0 aliphatic carbocycles. The second-order valence-electron chi connectivity index (χ2n) is 5.92. The Morgan fingerprint density at radius 2 is 2.07 bits per heavy atom. The summed E-state index contributed by atoms with van der Waals surface area (Å²) in [6.07, 6.45) is 2.76. The topological polar surface area (TPSA) is 59.3 Å². The number of halogens is 4. The van der Waals surface area contributed by atoms with Crippen LogP contribution in [0.25, 0.3) is 22.3 Å². The van der Waals surface area contributed by atoms with Gasteiger partial charge in [0.15, 0.2) is 0 Å². The first-order valence-corrected chi connectivity index (χ1v) is 9.44. The standard InChI is InChI=1S/C17H14Cl2F2N4OS/c1-9(2)22-13(26)8-7-12-14(10-5-3-4-6-11(10)18)23-16-25(12)24-15(27-16)17(19,20)21/h3-9H,1-2H3,(H,22,26)/b8-7+. The second-order valence-corrected chi connectivity index (χ2v) is 7.76. The van der Waals surface area contributed by atoms with Crippen molar-refractivity contribution >= 4 is 51.5 Å². The minimum Gasteiger partial charge on any atom is -0.350 e. The van der Waals surface area contributed by atoms with Crippen molar-refractivity contribution in [2.75, 3.05) is 0 Å². The van der Waals surface area contributed by atoms with Crippen LogP contribution in [0.2, 0.25) is 5.02 Å². The van der Waals surface area contributed by atoms with Gasteiger partial charge in [-0.3, -0.25) is 4.79 Å². The van der Waals surface area contributed by atoms with E-state index in [1.165, 1.54) is 16.7 Å². The van der Waals surface area contributed by atoms with E-state index in [2.05, 4.69) is 15.4 Å². The van der Waals surface area contributed by atoms with Gasteiger partial charge in [0.05, 0.1) is 10.7 Å². The van der Waals surface area contributed by atoms with Gasteiger partial charge in [0.1, 0.15) is 5.69 Å². The molecular weight excluding hydrogens is 417 g/mol. The molecule has 10 heteroatoms. The number of hydrogen-bond acceptors (Lipinski definition) is 4. The van der Waals surface area contributed by atoms with Gasteiger partial charge in [-0.05, 0) is 37.6 Å². The number of alkyl halides is 3. The van der Waals surface area contributed by atoms with Crippen LogP contribution < -0.4 is 5.32 Å². The number of nitrogens with zero attached hydrogens (tertiary/aromatic N) is 3. The van der Waals surface area contributed by atoms with Crippen molar-refractivity contribution in [3.05, 3.63) is 46.1 Å². The maximum absolute atomic E-state index is 13.4. The monoisotopic (exact) mass is 430 g/mol. The minimum atomic E-state index is -3.61. The summed E-state index contributed by atoms with van der Waals surface area (Å²) in [6.45, 7) is 3.65. The van der Waals surface area contributed by atoms with E-state index >= 15 is 0 Å². The number of fused-ring (bicyclic) bond motifs is 1. The third-order valence-electron chi connectivity index (χ3n) is 3.43. The molecular formula is C17H14Cl2F2N4OS. The van der Waals surface area contributed by atoms with E-state index in [1.807, 2.05) is 13.8 Å². The molecule has 0 saturated heterocycles. The number of amides is 1. The van der Waals surface area contributed by atoms with Gasteiger partial charge >= 0.3 is 5.38 Å². The number of carbonyl (C=O) groups excluding carboxylic acids is 1. The van der Waals surface area contributed by atoms with Gasteiger partial charge in [-0.1, -0.05) is 41.1 Å². The number of aromatic nitrogens is 3. The molecule has 0 radical (unpaired) electrons. The lowest BCUT2D eigenvalue weighted by Crippen LogP contribution is -2.28. The number of rotatable bonds is 5. The Morgan fingerprint density at radius 3 is 2.70 bits per heavy atom. The Hall–Kier alpha value is -2.03. The molecule has 0 aliphatic rings. The Bertz CT molecular complexity index is 1020. The summed E-state index contributed by atoms with van der Waals surface area (Å²) in [4.78, 5) is 16.5. The molecule has 0 bridgehead atoms. The van der Waals surface area contributed by atoms with Crippen LogP contribution in [0.15, 0.2) is 30.3 Å². The Balaban J connectivity index is 2.15. The first-order chi connectivity index (χ1) is 12.7. The van der Waals surface area contributed by atoms with E-state index < -0.39 is 10.4 Å².